The number of aliphatic hydroxyl groups is 2. The average Bonchev–Trinajstić information content (AvgIpc) is 3.21. The number of carbonyl (C=O) groups excluding carboxylic acids is 2. The largest absolute Gasteiger partial charge is 0.472 e. The van der Waals surface area contributed by atoms with Crippen LogP contribution >= 0.6 is 7.82 Å². The van der Waals surface area contributed by atoms with Gasteiger partial charge in [-0.15, -0.1) is 0 Å². The molecule has 0 spiro atoms. The Morgan fingerprint density at radius 3 is 1.69 bits per heavy atom. The molecule has 11 nitrogen and oxygen atoms in total. The highest BCUT2D eigenvalue weighted by molar-refractivity contribution is 7.47. The molecule has 352 valence electrons. The molecule has 3 N–H and O–H groups in total. The minimum atomic E-state index is -4.46. The lowest BCUT2D eigenvalue weighted by molar-refractivity contribution is -0.870. The fourth-order valence-corrected chi connectivity index (χ4v) is 6.11. The van der Waals surface area contributed by atoms with Gasteiger partial charge in [-0.1, -0.05) is 149 Å². The summed E-state index contributed by atoms with van der Waals surface area (Å²) >= 11 is 0. The molecule has 0 aliphatic rings. The third-order valence-electron chi connectivity index (χ3n) is 9.00. The highest BCUT2D eigenvalue weighted by Gasteiger charge is 2.27. The molecule has 0 fully saturated rings. The SMILES string of the molecule is CC/C=C\C/C=C\C/C=C\C/C=C\C/C=C\CCCCCC(=O)OC[C@H](COP(=O)(O)OCC[N+](C)(C)C)OC(=O)CCC[C@H](O)/C=C/C=C\C/C=C\C=C\[C@H](O)CCCCC. The summed E-state index contributed by atoms with van der Waals surface area (Å²) in [6, 6.07) is 0. The zero-order chi connectivity index (χ0) is 46.0. The van der Waals surface area contributed by atoms with E-state index >= 15 is 0 Å². The van der Waals surface area contributed by atoms with Crippen LogP contribution in [-0.2, 0) is 32.7 Å². The first-order valence-electron chi connectivity index (χ1n) is 22.8. The number of allylic oxidation sites excluding steroid dienone is 16. The number of nitrogens with zero attached hydrogens (tertiary/aromatic N) is 1. The van der Waals surface area contributed by atoms with E-state index in [0.717, 1.165) is 77.0 Å². The minimum absolute atomic E-state index is 0.0223. The fraction of sp³-hybridized carbons (Fsp3) is 0.600. The van der Waals surface area contributed by atoms with Crippen molar-refractivity contribution in [1.82, 2.24) is 0 Å². The number of hydrogen-bond acceptors (Lipinski definition) is 9. The van der Waals surface area contributed by atoms with E-state index < -0.39 is 44.7 Å². The third-order valence-corrected chi connectivity index (χ3v) is 9.98. The van der Waals surface area contributed by atoms with Gasteiger partial charge in [0.25, 0.3) is 0 Å². The molecule has 0 aliphatic carbocycles. The summed E-state index contributed by atoms with van der Waals surface area (Å²) in [6.07, 6.45) is 47.8. The molecule has 4 atom stereocenters. The Morgan fingerprint density at radius 2 is 1.13 bits per heavy atom. The van der Waals surface area contributed by atoms with Crippen molar-refractivity contribution in [3.8, 4) is 0 Å². The van der Waals surface area contributed by atoms with E-state index in [1.165, 1.54) is 0 Å². The van der Waals surface area contributed by atoms with E-state index in [-0.39, 0.29) is 26.1 Å². The van der Waals surface area contributed by atoms with Crippen LogP contribution in [0.25, 0.3) is 0 Å². The van der Waals surface area contributed by atoms with Crippen molar-refractivity contribution in [1.29, 1.82) is 0 Å². The average molecular weight is 889 g/mol. The molecule has 1 unspecified atom stereocenters. The number of hydrogen-bond donors (Lipinski definition) is 3. The van der Waals surface area contributed by atoms with Crippen LogP contribution in [0.15, 0.2) is 109 Å². The number of likely N-dealkylation sites (N-methyl/N-ethyl adjacent to an activating group) is 1. The maximum atomic E-state index is 12.7. The quantitative estimate of drug-likeness (QED) is 0.0136. The van der Waals surface area contributed by atoms with Gasteiger partial charge >= 0.3 is 19.8 Å². The van der Waals surface area contributed by atoms with Crippen LogP contribution in [0.2, 0.25) is 0 Å². The molecule has 62 heavy (non-hydrogen) atoms. The monoisotopic (exact) mass is 889 g/mol. The predicted octanol–water partition coefficient (Wildman–Crippen LogP) is 11.1. The molecule has 0 aromatic rings. The zero-order valence-electron chi connectivity index (χ0n) is 38.8. The molecule has 12 heteroatoms. The van der Waals surface area contributed by atoms with Crippen LogP contribution in [0.5, 0.6) is 0 Å². The highest BCUT2D eigenvalue weighted by atomic mass is 31.2. The summed E-state index contributed by atoms with van der Waals surface area (Å²) < 4.78 is 34.1. The Labute approximate surface area is 375 Å². The van der Waals surface area contributed by atoms with Gasteiger partial charge < -0.3 is 29.1 Å². The van der Waals surface area contributed by atoms with Crippen molar-refractivity contribution in [2.75, 3.05) is 47.5 Å². The second-order valence-corrected chi connectivity index (χ2v) is 17.6. The van der Waals surface area contributed by atoms with E-state index in [1.807, 2.05) is 51.5 Å². The van der Waals surface area contributed by atoms with Crippen LogP contribution in [0, 0.1) is 0 Å². The Balaban J connectivity index is 4.66. The normalized spacial score (nSPS) is 15.5. The molecule has 0 bridgehead atoms. The molecule has 0 saturated carbocycles. The van der Waals surface area contributed by atoms with E-state index in [9.17, 15) is 29.3 Å². The zero-order valence-corrected chi connectivity index (χ0v) is 39.7. The molecule has 0 rings (SSSR count). The van der Waals surface area contributed by atoms with Crippen LogP contribution in [0.4, 0.5) is 0 Å². The van der Waals surface area contributed by atoms with Crippen molar-refractivity contribution >= 4 is 19.8 Å². The second kappa shape index (κ2) is 40.4. The molecule has 0 heterocycles. The molecule has 0 aromatic carbocycles. The summed E-state index contributed by atoms with van der Waals surface area (Å²) in [5.74, 6) is -1.08. The van der Waals surface area contributed by atoms with E-state index in [0.29, 0.717) is 36.7 Å². The van der Waals surface area contributed by atoms with Gasteiger partial charge in [0, 0.05) is 12.8 Å². The fourth-order valence-electron chi connectivity index (χ4n) is 5.37. The minimum Gasteiger partial charge on any atom is -0.462 e. The van der Waals surface area contributed by atoms with Gasteiger partial charge in [0.2, 0.25) is 0 Å². The molecule has 0 aliphatic heterocycles. The predicted molar refractivity (Wildman–Crippen MR) is 254 cm³/mol. The number of unbranched alkanes of at least 4 members (excludes halogenated alkanes) is 5. The molecule has 0 saturated heterocycles. The van der Waals surface area contributed by atoms with Crippen molar-refractivity contribution in [2.45, 2.75) is 148 Å². The van der Waals surface area contributed by atoms with Crippen molar-refractivity contribution in [2.24, 2.45) is 0 Å². The number of carbonyl (C=O) groups is 2. The summed E-state index contributed by atoms with van der Waals surface area (Å²) in [6.45, 7) is 3.87. The summed E-state index contributed by atoms with van der Waals surface area (Å²) in [4.78, 5) is 35.4. The maximum absolute atomic E-state index is 12.7. The van der Waals surface area contributed by atoms with Gasteiger partial charge in [-0.3, -0.25) is 18.6 Å². The van der Waals surface area contributed by atoms with Gasteiger partial charge in [0.05, 0.1) is 40.0 Å². The van der Waals surface area contributed by atoms with E-state index in [4.69, 9.17) is 18.5 Å². The first-order chi connectivity index (χ1) is 29.8. The number of rotatable bonds is 39. The topological polar surface area (TPSA) is 149 Å². The number of esters is 2. The lowest BCUT2D eigenvalue weighted by Gasteiger charge is -2.24. The van der Waals surface area contributed by atoms with Gasteiger partial charge in [0.1, 0.15) is 19.8 Å². The van der Waals surface area contributed by atoms with E-state index in [2.05, 4.69) is 74.6 Å². The Hall–Kier alpha value is -3.41. The first-order valence-corrected chi connectivity index (χ1v) is 24.3. The smallest absolute Gasteiger partial charge is 0.462 e. The maximum Gasteiger partial charge on any atom is 0.472 e. The van der Waals surface area contributed by atoms with Gasteiger partial charge in [0.15, 0.2) is 6.10 Å². The molecular formula is C50H83NO10P+. The van der Waals surface area contributed by atoms with Crippen molar-refractivity contribution < 1.29 is 52.3 Å². The van der Waals surface area contributed by atoms with E-state index in [1.54, 1.807) is 18.2 Å². The number of quaternary nitrogens is 1. The first kappa shape index (κ1) is 58.6. The van der Waals surface area contributed by atoms with Crippen LogP contribution in [0.1, 0.15) is 129 Å². The second-order valence-electron chi connectivity index (χ2n) is 16.1. The summed E-state index contributed by atoms with van der Waals surface area (Å²) in [5.41, 5.74) is 0. The number of phosphoric acid groups is 1. The Kier molecular flexibility index (Phi) is 38.1. The third kappa shape index (κ3) is 43.2. The van der Waals surface area contributed by atoms with Crippen LogP contribution in [-0.4, -0.2) is 97.3 Å². The van der Waals surface area contributed by atoms with Gasteiger partial charge in [-0.2, -0.15) is 0 Å². The standard InChI is InChI=1S/C50H82NO10P/c1-6-8-10-11-12-13-14-15-16-17-18-19-20-21-22-23-27-30-34-40-49(54)58-44-48(45-60-62(56,57)59-43-42-51(3,4)5)61-50(55)41-35-39-47(53)38-33-29-26-24-25-28-32-37-46(52)36-31-9-7-2/h8,10,12-13,15-16,18-19,21-22,25-26,28-29,32-33,37-38,46-48,52-53H,6-7,9,11,14,17,20,23-24,27,30-31,34-36,39-45H2,1-5H3/p+1/b10-8-,13-12-,16-15-,19-18-,22-21-,28-25-,29-26-,37-32+,38-33+/t46-,47-,48-/m1/s1. The highest BCUT2D eigenvalue weighted by Crippen LogP contribution is 2.43. The van der Waals surface area contributed by atoms with Crippen molar-refractivity contribution in [3.05, 3.63) is 109 Å². The lowest BCUT2D eigenvalue weighted by Crippen LogP contribution is -2.37. The lowest BCUT2D eigenvalue weighted by atomic mass is 10.1. The molecular weight excluding hydrogens is 806 g/mol. The molecule has 0 aromatic heterocycles. The Bertz CT molecular complexity index is 1450. The number of ether oxygens (including phenoxy) is 2. The summed E-state index contributed by atoms with van der Waals surface area (Å²) in [7, 11) is 1.29. The number of phosphoric ester groups is 1. The Morgan fingerprint density at radius 1 is 0.597 bits per heavy atom. The van der Waals surface area contributed by atoms with Gasteiger partial charge in [-0.05, 0) is 77.0 Å². The summed E-state index contributed by atoms with van der Waals surface area (Å²) in [5, 5.41) is 20.2. The van der Waals surface area contributed by atoms with Crippen LogP contribution < -0.4 is 0 Å². The number of aliphatic hydroxyl groups excluding tert-OH is 2. The molecule has 0 radical (unpaired) electrons. The molecule has 0 amide bonds. The van der Waals surface area contributed by atoms with Crippen LogP contribution in [0.3, 0.4) is 0 Å². The van der Waals surface area contributed by atoms with Gasteiger partial charge in [-0.25, -0.2) is 4.57 Å². The van der Waals surface area contributed by atoms with Crippen molar-refractivity contribution in [3.63, 3.8) is 0 Å².